The van der Waals surface area contributed by atoms with Crippen LogP contribution in [-0.2, 0) is 33.3 Å². The van der Waals surface area contributed by atoms with E-state index < -0.39 is 42.3 Å². The summed E-state index contributed by atoms with van der Waals surface area (Å²) in [6, 6.07) is 0. The largest absolute Gasteiger partial charge is 0.463 e. The Hall–Kier alpha value is -1.18. The van der Waals surface area contributed by atoms with Crippen LogP contribution in [0.2, 0.25) is 0 Å². The molecule has 0 spiro atoms. The van der Waals surface area contributed by atoms with E-state index in [9.17, 15) is 9.59 Å². The molecule has 2 rings (SSSR count). The van der Waals surface area contributed by atoms with Crippen molar-refractivity contribution in [2.45, 2.75) is 58.1 Å². The van der Waals surface area contributed by atoms with Crippen LogP contribution >= 0.6 is 0 Å². The van der Waals surface area contributed by atoms with Gasteiger partial charge in [0.05, 0.1) is 0 Å². The van der Waals surface area contributed by atoms with Crippen LogP contribution in [0.25, 0.3) is 0 Å². The average Bonchev–Trinajstić information content (AvgIpc) is 2.70. The zero-order valence-corrected chi connectivity index (χ0v) is 11.4. The molecular formula is C12H18O7. The monoisotopic (exact) mass is 274 g/mol. The molecule has 0 aromatic heterocycles. The van der Waals surface area contributed by atoms with E-state index in [0.717, 1.165) is 0 Å². The molecule has 0 amide bonds. The molecule has 0 radical (unpaired) electrons. The predicted molar refractivity (Wildman–Crippen MR) is 60.9 cm³/mol. The van der Waals surface area contributed by atoms with E-state index in [0.29, 0.717) is 0 Å². The summed E-state index contributed by atoms with van der Waals surface area (Å²) >= 11 is 0. The minimum atomic E-state index is -0.843. The van der Waals surface area contributed by atoms with E-state index in [-0.39, 0.29) is 6.61 Å². The molecule has 0 aromatic rings. The highest BCUT2D eigenvalue weighted by Gasteiger charge is 2.56. The fraction of sp³-hybridized carbons (Fsp3) is 0.833. The van der Waals surface area contributed by atoms with Crippen molar-refractivity contribution < 1.29 is 33.3 Å². The van der Waals surface area contributed by atoms with Crippen molar-refractivity contribution in [1.29, 1.82) is 0 Å². The molecule has 7 heteroatoms. The van der Waals surface area contributed by atoms with E-state index in [4.69, 9.17) is 23.7 Å². The van der Waals surface area contributed by atoms with Gasteiger partial charge in [-0.1, -0.05) is 0 Å². The Morgan fingerprint density at radius 3 is 2.32 bits per heavy atom. The topological polar surface area (TPSA) is 80.3 Å². The molecule has 0 bridgehead atoms. The third-order valence-corrected chi connectivity index (χ3v) is 2.84. The van der Waals surface area contributed by atoms with Gasteiger partial charge in [-0.15, -0.1) is 0 Å². The summed E-state index contributed by atoms with van der Waals surface area (Å²) in [5.74, 6) is -1.66. The van der Waals surface area contributed by atoms with Crippen molar-refractivity contribution in [3.8, 4) is 0 Å². The molecule has 0 aliphatic carbocycles. The van der Waals surface area contributed by atoms with E-state index in [1.807, 2.05) is 0 Å². The zero-order valence-electron chi connectivity index (χ0n) is 11.4. The number of hydrogen-bond donors (Lipinski definition) is 0. The second-order valence-corrected chi connectivity index (χ2v) is 5.02. The van der Waals surface area contributed by atoms with E-state index in [1.165, 1.54) is 13.8 Å². The van der Waals surface area contributed by atoms with Gasteiger partial charge in [0.2, 0.25) is 6.29 Å². The van der Waals surface area contributed by atoms with E-state index in [2.05, 4.69) is 0 Å². The summed E-state index contributed by atoms with van der Waals surface area (Å²) < 4.78 is 26.8. The maximum absolute atomic E-state index is 11.0. The molecule has 0 N–H and O–H groups in total. The second-order valence-electron chi connectivity index (χ2n) is 5.02. The van der Waals surface area contributed by atoms with Gasteiger partial charge in [-0.3, -0.25) is 9.59 Å². The SMILES string of the molecule is CC(=O)OC[C@H]1O[C@H](OC(C)=O)[C@@H]2OC(C)(C)O[C@@H]21. The number of esters is 2. The van der Waals surface area contributed by atoms with Gasteiger partial charge in [0, 0.05) is 13.8 Å². The van der Waals surface area contributed by atoms with Crippen molar-refractivity contribution >= 4 is 11.9 Å². The van der Waals surface area contributed by atoms with Gasteiger partial charge in [0.15, 0.2) is 11.9 Å². The van der Waals surface area contributed by atoms with Crippen LogP contribution < -0.4 is 0 Å². The molecule has 0 saturated carbocycles. The van der Waals surface area contributed by atoms with Crippen molar-refractivity contribution in [3.05, 3.63) is 0 Å². The number of fused-ring (bicyclic) bond motifs is 1. The highest BCUT2D eigenvalue weighted by Crippen LogP contribution is 2.39. The summed E-state index contributed by atoms with van der Waals surface area (Å²) in [7, 11) is 0. The highest BCUT2D eigenvalue weighted by atomic mass is 16.8. The lowest BCUT2D eigenvalue weighted by molar-refractivity contribution is -0.234. The van der Waals surface area contributed by atoms with Gasteiger partial charge < -0.3 is 23.7 Å². The smallest absolute Gasteiger partial charge is 0.305 e. The van der Waals surface area contributed by atoms with Crippen molar-refractivity contribution in [2.24, 2.45) is 0 Å². The summed E-state index contributed by atoms with van der Waals surface area (Å²) in [6.07, 6.45) is -2.30. The van der Waals surface area contributed by atoms with Gasteiger partial charge in [-0.2, -0.15) is 0 Å². The molecule has 4 atom stereocenters. The van der Waals surface area contributed by atoms with Crippen molar-refractivity contribution in [1.82, 2.24) is 0 Å². The lowest BCUT2D eigenvalue weighted by atomic mass is 10.1. The quantitative estimate of drug-likeness (QED) is 0.687. The molecule has 19 heavy (non-hydrogen) atoms. The van der Waals surface area contributed by atoms with Crippen LogP contribution in [0.1, 0.15) is 27.7 Å². The van der Waals surface area contributed by atoms with Gasteiger partial charge in [0.25, 0.3) is 0 Å². The van der Waals surface area contributed by atoms with Crippen LogP contribution in [-0.4, -0.2) is 48.9 Å². The highest BCUT2D eigenvalue weighted by molar-refractivity contribution is 5.66. The number of ether oxygens (including phenoxy) is 5. The van der Waals surface area contributed by atoms with Crippen molar-refractivity contribution in [2.75, 3.05) is 6.61 Å². The van der Waals surface area contributed by atoms with Crippen LogP contribution in [0, 0.1) is 0 Å². The molecule has 2 saturated heterocycles. The van der Waals surface area contributed by atoms with E-state index in [1.54, 1.807) is 13.8 Å². The first-order valence-corrected chi connectivity index (χ1v) is 6.10. The normalized spacial score (nSPS) is 35.8. The Morgan fingerprint density at radius 1 is 1.11 bits per heavy atom. The Labute approximate surface area is 111 Å². The average molecular weight is 274 g/mol. The Kier molecular flexibility index (Phi) is 3.80. The molecule has 2 fully saturated rings. The maximum Gasteiger partial charge on any atom is 0.305 e. The molecule has 7 nitrogen and oxygen atoms in total. The molecule has 2 aliphatic heterocycles. The number of carbonyl (C=O) groups is 2. The summed E-state index contributed by atoms with van der Waals surface area (Å²) in [6.45, 7) is 6.16. The Bertz CT molecular complexity index is 378. The summed E-state index contributed by atoms with van der Waals surface area (Å²) in [5.41, 5.74) is 0. The number of rotatable bonds is 3. The van der Waals surface area contributed by atoms with Crippen LogP contribution in [0.4, 0.5) is 0 Å². The fourth-order valence-corrected chi connectivity index (χ4v) is 2.23. The van der Waals surface area contributed by atoms with Crippen molar-refractivity contribution in [3.63, 3.8) is 0 Å². The lowest BCUT2D eigenvalue weighted by Crippen LogP contribution is -2.33. The lowest BCUT2D eigenvalue weighted by Gasteiger charge is -2.23. The third kappa shape index (κ3) is 3.23. The standard InChI is InChI=1S/C12H18O7/c1-6(13)15-5-8-9-10(19-12(3,4)18-9)11(17-8)16-7(2)14/h8-11H,5H2,1-4H3/t8-,9-,10-,11+/m1/s1. The summed E-state index contributed by atoms with van der Waals surface area (Å²) in [5, 5.41) is 0. The Balaban J connectivity index is 2.05. The van der Waals surface area contributed by atoms with Gasteiger partial charge >= 0.3 is 11.9 Å². The summed E-state index contributed by atoms with van der Waals surface area (Å²) in [4.78, 5) is 21.9. The van der Waals surface area contributed by atoms with Gasteiger partial charge in [0.1, 0.15) is 18.8 Å². The molecule has 0 unspecified atom stereocenters. The predicted octanol–water partition coefficient (Wildman–Crippen LogP) is 0.358. The van der Waals surface area contributed by atoms with Crippen LogP contribution in [0.5, 0.6) is 0 Å². The van der Waals surface area contributed by atoms with Gasteiger partial charge in [-0.05, 0) is 13.8 Å². The van der Waals surface area contributed by atoms with Gasteiger partial charge in [-0.25, -0.2) is 0 Å². The first kappa shape index (κ1) is 14.2. The number of hydrogen-bond acceptors (Lipinski definition) is 7. The molecular weight excluding hydrogens is 256 g/mol. The van der Waals surface area contributed by atoms with Crippen LogP contribution in [0.15, 0.2) is 0 Å². The third-order valence-electron chi connectivity index (χ3n) is 2.84. The molecule has 108 valence electrons. The molecule has 0 aromatic carbocycles. The minimum Gasteiger partial charge on any atom is -0.463 e. The van der Waals surface area contributed by atoms with Crippen LogP contribution in [0.3, 0.4) is 0 Å². The maximum atomic E-state index is 11.0. The number of carbonyl (C=O) groups excluding carboxylic acids is 2. The zero-order chi connectivity index (χ0) is 14.2. The second kappa shape index (κ2) is 5.07. The minimum absolute atomic E-state index is 0.0354. The van der Waals surface area contributed by atoms with E-state index >= 15 is 0 Å². The molecule has 2 aliphatic rings. The molecule has 2 heterocycles. The fourth-order valence-electron chi connectivity index (χ4n) is 2.23. The Morgan fingerprint density at radius 2 is 1.74 bits per heavy atom. The first-order chi connectivity index (χ1) is 8.78. The first-order valence-electron chi connectivity index (χ1n) is 6.10.